The van der Waals surface area contributed by atoms with Crippen LogP contribution in [0.1, 0.15) is 0 Å². The summed E-state index contributed by atoms with van der Waals surface area (Å²) in [6, 6.07) is -1.85. The number of hydrogen-bond acceptors (Lipinski definition) is 6. The Labute approximate surface area is 98.8 Å². The monoisotopic (exact) mass is 275 g/mol. The molecule has 1 aliphatic heterocycles. The standard InChI is InChI=1S/C8H12F3NO6/c9-8(10,11)7(17)12-3-5(15)4(14)2(1-13)18-6(3)16/h2-6,13-16H,1H2,(H,12,17)/t2?,3-,4-,5-,6?/m1/s1. The zero-order valence-electron chi connectivity index (χ0n) is 8.83. The number of aliphatic hydroxyl groups is 4. The van der Waals surface area contributed by atoms with Crippen LogP contribution < -0.4 is 5.32 Å². The van der Waals surface area contributed by atoms with E-state index in [1.165, 1.54) is 5.32 Å². The Kier molecular flexibility index (Phi) is 4.50. The topological polar surface area (TPSA) is 119 Å². The summed E-state index contributed by atoms with van der Waals surface area (Å²) in [5, 5.41) is 38.1. The molecule has 1 aliphatic rings. The second kappa shape index (κ2) is 5.36. The number of carbonyl (C=O) groups is 1. The van der Waals surface area contributed by atoms with Crippen molar-refractivity contribution in [3.05, 3.63) is 0 Å². The Morgan fingerprint density at radius 1 is 1.22 bits per heavy atom. The van der Waals surface area contributed by atoms with E-state index in [-0.39, 0.29) is 0 Å². The molecule has 10 heteroatoms. The molecule has 7 nitrogen and oxygen atoms in total. The molecule has 5 N–H and O–H groups in total. The third kappa shape index (κ3) is 3.09. The molecule has 1 rings (SSSR count). The number of aliphatic hydroxyl groups excluding tert-OH is 4. The Balaban J connectivity index is 2.74. The van der Waals surface area contributed by atoms with Crippen molar-refractivity contribution >= 4 is 5.91 Å². The SMILES string of the molecule is O=C(N[C@H]1C(O)OC(CO)[C@@H](O)[C@@H]1O)C(F)(F)F. The third-order valence-electron chi connectivity index (χ3n) is 2.46. The second-order valence-electron chi connectivity index (χ2n) is 3.73. The molecule has 106 valence electrons. The first-order valence-corrected chi connectivity index (χ1v) is 4.86. The molecule has 2 unspecified atom stereocenters. The summed E-state index contributed by atoms with van der Waals surface area (Å²) < 4.78 is 40.5. The van der Waals surface area contributed by atoms with Crippen molar-refractivity contribution < 1.29 is 43.1 Å². The van der Waals surface area contributed by atoms with Crippen molar-refractivity contribution in [2.24, 2.45) is 0 Å². The smallest absolute Gasteiger partial charge is 0.394 e. The van der Waals surface area contributed by atoms with Crippen LogP contribution >= 0.6 is 0 Å². The molecular formula is C8H12F3NO6. The van der Waals surface area contributed by atoms with Crippen LogP contribution in [-0.4, -0.2) is 69.8 Å². The molecular weight excluding hydrogens is 263 g/mol. The maximum absolute atomic E-state index is 12.0. The van der Waals surface area contributed by atoms with Crippen molar-refractivity contribution in [3.63, 3.8) is 0 Å². The average Bonchev–Trinajstić information content (AvgIpc) is 2.27. The number of halogens is 3. The van der Waals surface area contributed by atoms with E-state index in [1.807, 2.05) is 0 Å². The normalized spacial score (nSPS) is 37.4. The van der Waals surface area contributed by atoms with Crippen molar-refractivity contribution in [1.82, 2.24) is 5.32 Å². The fraction of sp³-hybridized carbons (Fsp3) is 0.875. The highest BCUT2D eigenvalue weighted by atomic mass is 19.4. The molecule has 18 heavy (non-hydrogen) atoms. The van der Waals surface area contributed by atoms with Gasteiger partial charge in [-0.2, -0.15) is 13.2 Å². The number of ether oxygens (including phenoxy) is 1. The molecule has 0 aromatic rings. The van der Waals surface area contributed by atoms with E-state index in [0.29, 0.717) is 0 Å². The summed E-state index contributed by atoms with van der Waals surface area (Å²) in [6.07, 6.45) is -12.2. The molecule has 0 aliphatic carbocycles. The molecule has 0 aromatic carbocycles. The highest BCUT2D eigenvalue weighted by molar-refractivity contribution is 5.82. The van der Waals surface area contributed by atoms with E-state index >= 15 is 0 Å². The van der Waals surface area contributed by atoms with E-state index in [9.17, 15) is 33.3 Å². The van der Waals surface area contributed by atoms with Gasteiger partial charge in [-0.3, -0.25) is 4.79 Å². The van der Waals surface area contributed by atoms with Gasteiger partial charge >= 0.3 is 12.1 Å². The molecule has 1 saturated heterocycles. The average molecular weight is 275 g/mol. The van der Waals surface area contributed by atoms with Gasteiger partial charge in [-0.1, -0.05) is 0 Å². The summed E-state index contributed by atoms with van der Waals surface area (Å²) in [7, 11) is 0. The third-order valence-corrected chi connectivity index (χ3v) is 2.46. The maximum Gasteiger partial charge on any atom is 0.471 e. The van der Waals surface area contributed by atoms with Crippen molar-refractivity contribution in [3.8, 4) is 0 Å². The summed E-state index contributed by atoms with van der Waals surface area (Å²) in [5.74, 6) is -2.39. The quantitative estimate of drug-likeness (QED) is 0.379. The molecule has 0 aromatic heterocycles. The van der Waals surface area contributed by atoms with Crippen LogP contribution in [0.5, 0.6) is 0 Å². The predicted molar refractivity (Wildman–Crippen MR) is 48.0 cm³/mol. The van der Waals surface area contributed by atoms with Crippen molar-refractivity contribution in [2.75, 3.05) is 6.61 Å². The first kappa shape index (κ1) is 15.1. The molecule has 1 amide bonds. The highest BCUT2D eigenvalue weighted by Crippen LogP contribution is 2.21. The molecule has 1 heterocycles. The van der Waals surface area contributed by atoms with Crippen LogP contribution in [0.2, 0.25) is 0 Å². The number of hydrogen-bond donors (Lipinski definition) is 5. The minimum atomic E-state index is -5.20. The zero-order chi connectivity index (χ0) is 14.1. The van der Waals surface area contributed by atoms with Gasteiger partial charge < -0.3 is 30.5 Å². The number of nitrogens with one attached hydrogen (secondary N) is 1. The summed E-state index contributed by atoms with van der Waals surface area (Å²) in [6.45, 7) is -0.755. The predicted octanol–water partition coefficient (Wildman–Crippen LogP) is -2.54. The van der Waals surface area contributed by atoms with E-state index < -0.39 is 49.3 Å². The summed E-state index contributed by atoms with van der Waals surface area (Å²) >= 11 is 0. The maximum atomic E-state index is 12.0. The second-order valence-corrected chi connectivity index (χ2v) is 3.73. The molecule has 0 saturated carbocycles. The highest BCUT2D eigenvalue weighted by Gasteiger charge is 2.48. The van der Waals surface area contributed by atoms with Crippen LogP contribution in [0.25, 0.3) is 0 Å². The zero-order valence-corrected chi connectivity index (χ0v) is 8.83. The molecule has 0 spiro atoms. The van der Waals surface area contributed by atoms with Crippen molar-refractivity contribution in [2.45, 2.75) is 36.8 Å². The van der Waals surface area contributed by atoms with Gasteiger partial charge in [0.15, 0.2) is 6.29 Å². The van der Waals surface area contributed by atoms with E-state index in [0.717, 1.165) is 0 Å². The largest absolute Gasteiger partial charge is 0.471 e. The lowest BCUT2D eigenvalue weighted by molar-refractivity contribution is -0.256. The Morgan fingerprint density at radius 3 is 2.22 bits per heavy atom. The van der Waals surface area contributed by atoms with E-state index in [1.54, 1.807) is 0 Å². The first-order chi connectivity index (χ1) is 8.18. The summed E-state index contributed by atoms with van der Waals surface area (Å²) in [4.78, 5) is 10.6. The lowest BCUT2D eigenvalue weighted by Crippen LogP contribution is -2.65. The Bertz CT molecular complexity index is 312. The van der Waals surface area contributed by atoms with Gasteiger partial charge in [0.25, 0.3) is 0 Å². The van der Waals surface area contributed by atoms with Gasteiger partial charge in [-0.05, 0) is 0 Å². The van der Waals surface area contributed by atoms with Crippen LogP contribution in [0.3, 0.4) is 0 Å². The van der Waals surface area contributed by atoms with E-state index in [4.69, 9.17) is 5.11 Å². The van der Waals surface area contributed by atoms with Gasteiger partial charge in [-0.15, -0.1) is 0 Å². The summed E-state index contributed by atoms with van der Waals surface area (Å²) in [5.41, 5.74) is 0. The van der Waals surface area contributed by atoms with Gasteiger partial charge in [-0.25, -0.2) is 0 Å². The number of alkyl halides is 3. The molecule has 1 fully saturated rings. The minimum Gasteiger partial charge on any atom is -0.394 e. The van der Waals surface area contributed by atoms with E-state index in [2.05, 4.69) is 4.74 Å². The Hall–Kier alpha value is -0.940. The Morgan fingerprint density at radius 2 is 1.78 bits per heavy atom. The van der Waals surface area contributed by atoms with Crippen LogP contribution in [0, 0.1) is 0 Å². The lowest BCUT2D eigenvalue weighted by Gasteiger charge is -2.40. The lowest BCUT2D eigenvalue weighted by atomic mass is 9.97. The first-order valence-electron chi connectivity index (χ1n) is 4.86. The molecule has 5 atom stereocenters. The molecule has 0 radical (unpaired) electrons. The number of amides is 1. The molecule has 0 bridgehead atoms. The van der Waals surface area contributed by atoms with Crippen molar-refractivity contribution in [1.29, 1.82) is 0 Å². The van der Waals surface area contributed by atoms with Gasteiger partial charge in [0, 0.05) is 0 Å². The van der Waals surface area contributed by atoms with Crippen LogP contribution in [-0.2, 0) is 9.53 Å². The van der Waals surface area contributed by atoms with Gasteiger partial charge in [0.2, 0.25) is 0 Å². The number of rotatable bonds is 2. The minimum absolute atomic E-state index is 0.755. The fourth-order valence-electron chi connectivity index (χ4n) is 1.49. The fourth-order valence-corrected chi connectivity index (χ4v) is 1.49. The van der Waals surface area contributed by atoms with Crippen LogP contribution in [0.15, 0.2) is 0 Å². The van der Waals surface area contributed by atoms with Gasteiger partial charge in [0.05, 0.1) is 6.61 Å². The van der Waals surface area contributed by atoms with Gasteiger partial charge in [0.1, 0.15) is 24.4 Å². The number of carbonyl (C=O) groups excluding carboxylic acids is 1. The van der Waals surface area contributed by atoms with Crippen LogP contribution in [0.4, 0.5) is 13.2 Å².